The third kappa shape index (κ3) is 5.01. The number of hydrogen-bond acceptors (Lipinski definition) is 7. The molecule has 11 nitrogen and oxygen atoms in total. The second-order valence-corrected chi connectivity index (χ2v) is 5.55. The molecule has 0 unspecified atom stereocenters. The number of ether oxygens (including phenoxy) is 2. The molecule has 1 aromatic carbocycles. The summed E-state index contributed by atoms with van der Waals surface area (Å²) in [6.07, 6.45) is 3.24. The molecule has 2 aromatic heterocycles. The van der Waals surface area contributed by atoms with Gasteiger partial charge in [0.2, 0.25) is 0 Å². The summed E-state index contributed by atoms with van der Waals surface area (Å²) in [5.41, 5.74) is 1.17. The van der Waals surface area contributed by atoms with E-state index in [1.54, 1.807) is 60.2 Å². The number of nitrogens with one attached hydrogen (secondary N) is 2. The van der Waals surface area contributed by atoms with E-state index in [1.807, 2.05) is 0 Å². The number of carbonyl (C=O) groups is 1. The number of benzene rings is 1. The highest BCUT2D eigenvalue weighted by atomic mass is 16.5. The molecule has 0 atom stereocenters. The van der Waals surface area contributed by atoms with Crippen LogP contribution in [0.25, 0.3) is 0 Å². The molecule has 2 N–H and O–H groups in total. The van der Waals surface area contributed by atoms with Gasteiger partial charge in [0, 0.05) is 25.1 Å². The predicted molar refractivity (Wildman–Crippen MR) is 96.7 cm³/mol. The summed E-state index contributed by atoms with van der Waals surface area (Å²) in [7, 11) is 3.19. The van der Waals surface area contributed by atoms with Crippen molar-refractivity contribution in [2.45, 2.75) is 13.1 Å². The second kappa shape index (κ2) is 8.76. The van der Waals surface area contributed by atoms with E-state index >= 15 is 0 Å². The van der Waals surface area contributed by atoms with Gasteiger partial charge in [-0.15, -0.1) is 5.10 Å². The summed E-state index contributed by atoms with van der Waals surface area (Å²) in [4.78, 5) is 12.1. The minimum Gasteiger partial charge on any atom is -0.497 e. The normalized spacial score (nSPS) is 10.6. The lowest BCUT2D eigenvalue weighted by molar-refractivity contribution is 0.181. The molecule has 3 rings (SSSR count). The van der Waals surface area contributed by atoms with Crippen molar-refractivity contribution in [1.82, 2.24) is 30.0 Å². The zero-order valence-corrected chi connectivity index (χ0v) is 15.0. The number of tetrazole rings is 1. The summed E-state index contributed by atoms with van der Waals surface area (Å²) >= 11 is 0. The largest absolute Gasteiger partial charge is 0.497 e. The Bertz CT molecular complexity index is 891. The molecule has 2 heterocycles. The molecule has 0 fully saturated rings. The predicted octanol–water partition coefficient (Wildman–Crippen LogP) is 1.22. The number of methoxy groups -OCH3 is 2. The maximum Gasteiger partial charge on any atom is 0.323 e. The molecule has 0 radical (unpaired) electrons. The van der Waals surface area contributed by atoms with E-state index in [9.17, 15) is 4.79 Å². The number of rotatable bonds is 8. The zero-order chi connectivity index (χ0) is 19.1. The first-order chi connectivity index (χ1) is 13.2. The van der Waals surface area contributed by atoms with Crippen LogP contribution < -0.4 is 15.4 Å². The van der Waals surface area contributed by atoms with Crippen LogP contribution in [-0.2, 0) is 17.8 Å². The second-order valence-electron chi connectivity index (χ2n) is 5.55. The van der Waals surface area contributed by atoms with E-state index in [1.165, 1.54) is 0 Å². The Kier molecular flexibility index (Phi) is 5.94. The zero-order valence-electron chi connectivity index (χ0n) is 15.0. The third-order valence-electron chi connectivity index (χ3n) is 3.64. The summed E-state index contributed by atoms with van der Waals surface area (Å²) in [6, 6.07) is 6.70. The monoisotopic (exact) mass is 372 g/mol. The van der Waals surface area contributed by atoms with E-state index in [0.717, 1.165) is 0 Å². The van der Waals surface area contributed by atoms with Crippen molar-refractivity contribution in [3.8, 4) is 5.75 Å². The molecule has 2 amide bonds. The van der Waals surface area contributed by atoms with Crippen LogP contribution in [0.2, 0.25) is 0 Å². The molecule has 0 aliphatic heterocycles. The van der Waals surface area contributed by atoms with Crippen molar-refractivity contribution in [2.75, 3.05) is 31.5 Å². The van der Waals surface area contributed by atoms with Gasteiger partial charge in [-0.3, -0.25) is 4.68 Å². The van der Waals surface area contributed by atoms with Crippen LogP contribution in [0.1, 0.15) is 5.82 Å². The third-order valence-corrected chi connectivity index (χ3v) is 3.64. The number of amides is 2. The molecule has 0 spiro atoms. The Hall–Kier alpha value is -3.47. The SMILES string of the molecule is COCCn1nnnc1Cn1cc(NC(=O)Nc2cccc(OC)c2)cn1. The highest BCUT2D eigenvalue weighted by Crippen LogP contribution is 2.17. The average molecular weight is 372 g/mol. The number of nitrogens with zero attached hydrogens (tertiary/aromatic N) is 6. The van der Waals surface area contributed by atoms with Gasteiger partial charge in [-0.25, -0.2) is 9.48 Å². The first-order valence-electron chi connectivity index (χ1n) is 8.16. The lowest BCUT2D eigenvalue weighted by atomic mass is 10.3. The molecule has 0 saturated carbocycles. The number of hydrogen-bond donors (Lipinski definition) is 2. The molecular formula is C16H20N8O3. The first kappa shape index (κ1) is 18.3. The molecule has 0 saturated heterocycles. The summed E-state index contributed by atoms with van der Waals surface area (Å²) < 4.78 is 13.4. The van der Waals surface area contributed by atoms with Crippen molar-refractivity contribution in [2.24, 2.45) is 0 Å². The van der Waals surface area contributed by atoms with Crippen LogP contribution in [-0.4, -0.2) is 56.8 Å². The van der Waals surface area contributed by atoms with Crippen LogP contribution in [0, 0.1) is 0 Å². The first-order valence-corrected chi connectivity index (χ1v) is 8.16. The summed E-state index contributed by atoms with van der Waals surface area (Å²) in [5.74, 6) is 1.30. The Labute approximate surface area is 155 Å². The van der Waals surface area contributed by atoms with Crippen LogP contribution in [0.5, 0.6) is 5.75 Å². The standard InChI is InChI=1S/C16H20N8O3/c1-26-7-6-24-15(20-21-22-24)11-23-10-13(9-17-23)19-16(25)18-12-4-3-5-14(8-12)27-2/h3-5,8-10H,6-7,11H2,1-2H3,(H2,18,19,25). The van der Waals surface area contributed by atoms with E-state index < -0.39 is 0 Å². The molecule has 11 heteroatoms. The van der Waals surface area contributed by atoms with Gasteiger partial charge in [-0.1, -0.05) is 6.07 Å². The van der Waals surface area contributed by atoms with Gasteiger partial charge in [-0.05, 0) is 22.6 Å². The van der Waals surface area contributed by atoms with Gasteiger partial charge in [0.1, 0.15) is 12.3 Å². The molecule has 0 bridgehead atoms. The van der Waals surface area contributed by atoms with Gasteiger partial charge in [0.25, 0.3) is 0 Å². The van der Waals surface area contributed by atoms with Crippen LogP contribution >= 0.6 is 0 Å². The van der Waals surface area contributed by atoms with Crippen LogP contribution in [0.4, 0.5) is 16.2 Å². The minimum absolute atomic E-state index is 0.371. The highest BCUT2D eigenvalue weighted by molar-refractivity contribution is 5.99. The molecule has 0 aliphatic carbocycles. The van der Waals surface area contributed by atoms with Gasteiger partial charge >= 0.3 is 6.03 Å². The Balaban J connectivity index is 1.57. The number of aromatic nitrogens is 6. The lowest BCUT2D eigenvalue weighted by Gasteiger charge is -2.07. The fraction of sp³-hybridized carbons (Fsp3) is 0.312. The topological polar surface area (TPSA) is 121 Å². The Morgan fingerprint density at radius 1 is 1.22 bits per heavy atom. The van der Waals surface area contributed by atoms with Crippen molar-refractivity contribution >= 4 is 17.4 Å². The van der Waals surface area contributed by atoms with Gasteiger partial charge in [0.05, 0.1) is 32.1 Å². The molecule has 142 valence electrons. The van der Waals surface area contributed by atoms with Crippen molar-refractivity contribution in [3.63, 3.8) is 0 Å². The fourth-order valence-electron chi connectivity index (χ4n) is 2.34. The number of urea groups is 1. The summed E-state index contributed by atoms with van der Waals surface area (Å²) in [5, 5.41) is 21.2. The maximum atomic E-state index is 12.1. The van der Waals surface area contributed by atoms with Crippen LogP contribution in [0.15, 0.2) is 36.7 Å². The molecule has 0 aliphatic rings. The highest BCUT2D eigenvalue weighted by Gasteiger charge is 2.09. The van der Waals surface area contributed by atoms with E-state index in [2.05, 4.69) is 31.3 Å². The van der Waals surface area contributed by atoms with Crippen molar-refractivity contribution in [1.29, 1.82) is 0 Å². The van der Waals surface area contributed by atoms with E-state index in [0.29, 0.717) is 42.6 Å². The lowest BCUT2D eigenvalue weighted by Crippen LogP contribution is -2.19. The smallest absolute Gasteiger partial charge is 0.323 e. The van der Waals surface area contributed by atoms with E-state index in [-0.39, 0.29) is 6.03 Å². The van der Waals surface area contributed by atoms with Gasteiger partial charge in [-0.2, -0.15) is 5.10 Å². The Morgan fingerprint density at radius 3 is 2.89 bits per heavy atom. The average Bonchev–Trinajstić information content (AvgIpc) is 3.29. The number of anilines is 2. The number of carbonyl (C=O) groups excluding carboxylic acids is 1. The van der Waals surface area contributed by atoms with E-state index in [4.69, 9.17) is 9.47 Å². The quantitative estimate of drug-likeness (QED) is 0.610. The maximum absolute atomic E-state index is 12.1. The van der Waals surface area contributed by atoms with Crippen molar-refractivity contribution < 1.29 is 14.3 Å². The fourth-order valence-corrected chi connectivity index (χ4v) is 2.34. The minimum atomic E-state index is -0.382. The summed E-state index contributed by atoms with van der Waals surface area (Å²) in [6.45, 7) is 1.43. The Morgan fingerprint density at radius 2 is 2.07 bits per heavy atom. The molecule has 3 aromatic rings. The van der Waals surface area contributed by atoms with Crippen LogP contribution in [0.3, 0.4) is 0 Å². The van der Waals surface area contributed by atoms with Gasteiger partial charge < -0.3 is 20.1 Å². The molecular weight excluding hydrogens is 352 g/mol. The van der Waals surface area contributed by atoms with Crippen molar-refractivity contribution in [3.05, 3.63) is 42.5 Å². The van der Waals surface area contributed by atoms with Gasteiger partial charge in [0.15, 0.2) is 5.82 Å². The molecule has 27 heavy (non-hydrogen) atoms.